The molecule has 0 saturated carbocycles. The van der Waals surface area contributed by atoms with Crippen molar-refractivity contribution >= 4 is 35.0 Å². The van der Waals surface area contributed by atoms with E-state index in [1.165, 1.54) is 6.08 Å². The number of anilines is 1. The zero-order chi connectivity index (χ0) is 15.8. The van der Waals surface area contributed by atoms with Crippen molar-refractivity contribution in [3.8, 4) is 0 Å². The van der Waals surface area contributed by atoms with Crippen LogP contribution in [0.4, 0.5) is 5.69 Å². The van der Waals surface area contributed by atoms with Crippen LogP contribution in [-0.4, -0.2) is 16.1 Å². The standard InChI is InChI=1S/C17H16N2O2S/c20-12-14-7-4-8-15(11-14)18-17(22)19-16(21)10-9-13-5-2-1-3-6-13/h1-11,20H,12H2,(H2,18,19,21,22)/b10-9+. The predicted molar refractivity (Wildman–Crippen MR) is 92.2 cm³/mol. The van der Waals surface area contributed by atoms with Crippen LogP contribution in [0.15, 0.2) is 60.7 Å². The van der Waals surface area contributed by atoms with Gasteiger partial charge in [0.1, 0.15) is 0 Å². The molecule has 5 heteroatoms. The molecule has 3 N–H and O–H groups in total. The van der Waals surface area contributed by atoms with Gasteiger partial charge in [0.05, 0.1) is 6.61 Å². The zero-order valence-electron chi connectivity index (χ0n) is 11.8. The van der Waals surface area contributed by atoms with E-state index in [0.29, 0.717) is 5.69 Å². The molecule has 0 heterocycles. The summed E-state index contributed by atoms with van der Waals surface area (Å²) in [6.07, 6.45) is 3.14. The van der Waals surface area contributed by atoms with Crippen molar-refractivity contribution in [3.63, 3.8) is 0 Å². The number of benzene rings is 2. The Morgan fingerprint density at radius 3 is 2.64 bits per heavy atom. The quantitative estimate of drug-likeness (QED) is 0.600. The molecule has 0 aliphatic rings. The summed E-state index contributed by atoms with van der Waals surface area (Å²) in [5.41, 5.74) is 2.42. The Morgan fingerprint density at radius 2 is 1.91 bits per heavy atom. The Kier molecular flexibility index (Phi) is 5.82. The highest BCUT2D eigenvalue weighted by atomic mass is 32.1. The van der Waals surface area contributed by atoms with Gasteiger partial charge in [0.2, 0.25) is 5.91 Å². The maximum atomic E-state index is 11.8. The van der Waals surface area contributed by atoms with Crippen LogP contribution in [0, 0.1) is 0 Å². The third-order valence-corrected chi connectivity index (χ3v) is 3.04. The molecule has 0 saturated heterocycles. The van der Waals surface area contributed by atoms with Gasteiger partial charge in [-0.25, -0.2) is 0 Å². The lowest BCUT2D eigenvalue weighted by atomic mass is 10.2. The number of nitrogens with one attached hydrogen (secondary N) is 2. The number of aliphatic hydroxyl groups is 1. The second-order valence-corrected chi connectivity index (χ2v) is 4.95. The minimum absolute atomic E-state index is 0.0472. The van der Waals surface area contributed by atoms with E-state index in [1.807, 2.05) is 30.3 Å². The van der Waals surface area contributed by atoms with Crippen molar-refractivity contribution in [3.05, 3.63) is 71.8 Å². The molecule has 0 unspecified atom stereocenters. The number of amides is 1. The van der Waals surface area contributed by atoms with Gasteiger partial charge >= 0.3 is 0 Å². The van der Waals surface area contributed by atoms with Gasteiger partial charge in [0.25, 0.3) is 0 Å². The highest BCUT2D eigenvalue weighted by molar-refractivity contribution is 7.80. The predicted octanol–water partition coefficient (Wildman–Crippen LogP) is 2.71. The van der Waals surface area contributed by atoms with E-state index in [4.69, 9.17) is 17.3 Å². The van der Waals surface area contributed by atoms with Crippen LogP contribution in [0.1, 0.15) is 11.1 Å². The van der Waals surface area contributed by atoms with Crippen molar-refractivity contribution in [1.29, 1.82) is 0 Å². The highest BCUT2D eigenvalue weighted by Gasteiger charge is 2.02. The molecule has 0 spiro atoms. The first-order valence-corrected chi connectivity index (χ1v) is 7.13. The van der Waals surface area contributed by atoms with Gasteiger partial charge in [-0.1, -0.05) is 42.5 Å². The fourth-order valence-electron chi connectivity index (χ4n) is 1.80. The smallest absolute Gasteiger partial charge is 0.250 e. The molecule has 0 aliphatic carbocycles. The van der Waals surface area contributed by atoms with E-state index < -0.39 is 0 Å². The Labute approximate surface area is 134 Å². The topological polar surface area (TPSA) is 61.4 Å². The van der Waals surface area contributed by atoms with E-state index in [2.05, 4.69) is 10.6 Å². The van der Waals surface area contributed by atoms with Gasteiger partial charge in [-0.15, -0.1) is 0 Å². The Balaban J connectivity index is 1.88. The fraction of sp³-hybridized carbons (Fsp3) is 0.0588. The van der Waals surface area contributed by atoms with Crippen LogP contribution in [0.25, 0.3) is 6.08 Å². The molecule has 1 amide bonds. The molecule has 2 rings (SSSR count). The van der Waals surface area contributed by atoms with E-state index in [0.717, 1.165) is 11.1 Å². The summed E-state index contributed by atoms with van der Waals surface area (Å²) < 4.78 is 0. The molecule has 0 aromatic heterocycles. The first-order valence-electron chi connectivity index (χ1n) is 6.72. The monoisotopic (exact) mass is 312 g/mol. The summed E-state index contributed by atoms with van der Waals surface area (Å²) in [5, 5.41) is 14.8. The van der Waals surface area contributed by atoms with E-state index in [9.17, 15) is 4.79 Å². The Hall–Kier alpha value is -2.50. The van der Waals surface area contributed by atoms with Gasteiger partial charge in [-0.2, -0.15) is 0 Å². The summed E-state index contributed by atoms with van der Waals surface area (Å²) in [6.45, 7) is -0.0472. The molecule has 0 fully saturated rings. The van der Waals surface area contributed by atoms with Gasteiger partial charge in [-0.05, 0) is 41.6 Å². The molecular weight excluding hydrogens is 296 g/mol. The molecule has 0 radical (unpaired) electrons. The summed E-state index contributed by atoms with van der Waals surface area (Å²) in [4.78, 5) is 11.8. The molecule has 4 nitrogen and oxygen atoms in total. The van der Waals surface area contributed by atoms with Gasteiger partial charge in [-0.3, -0.25) is 10.1 Å². The van der Waals surface area contributed by atoms with Crippen LogP contribution in [0.3, 0.4) is 0 Å². The lowest BCUT2D eigenvalue weighted by Crippen LogP contribution is -2.32. The lowest BCUT2D eigenvalue weighted by molar-refractivity contribution is -0.115. The number of rotatable bonds is 4. The summed E-state index contributed by atoms with van der Waals surface area (Å²) in [5.74, 6) is -0.306. The first-order chi connectivity index (χ1) is 10.7. The number of carbonyl (C=O) groups excluding carboxylic acids is 1. The number of carbonyl (C=O) groups is 1. The molecule has 2 aromatic carbocycles. The summed E-state index contributed by atoms with van der Waals surface area (Å²) in [6, 6.07) is 16.7. The second-order valence-electron chi connectivity index (χ2n) is 4.55. The normalized spacial score (nSPS) is 10.4. The lowest BCUT2D eigenvalue weighted by Gasteiger charge is -2.09. The Morgan fingerprint density at radius 1 is 1.14 bits per heavy atom. The molecule has 22 heavy (non-hydrogen) atoms. The maximum absolute atomic E-state index is 11.8. The maximum Gasteiger partial charge on any atom is 0.250 e. The SMILES string of the molecule is O=C(/C=C/c1ccccc1)NC(=S)Nc1cccc(CO)c1. The Bertz CT molecular complexity index is 684. The number of aliphatic hydroxyl groups excluding tert-OH is 1. The summed E-state index contributed by atoms with van der Waals surface area (Å²) in [7, 11) is 0. The van der Waals surface area contributed by atoms with Gasteiger partial charge < -0.3 is 10.4 Å². The summed E-state index contributed by atoms with van der Waals surface area (Å²) >= 11 is 5.08. The van der Waals surface area contributed by atoms with E-state index >= 15 is 0 Å². The van der Waals surface area contributed by atoms with Gasteiger partial charge in [0, 0.05) is 11.8 Å². The highest BCUT2D eigenvalue weighted by Crippen LogP contribution is 2.10. The first kappa shape index (κ1) is 15.9. The minimum Gasteiger partial charge on any atom is -0.392 e. The van der Waals surface area contributed by atoms with Crippen LogP contribution in [0.2, 0.25) is 0 Å². The van der Waals surface area contributed by atoms with E-state index in [1.54, 1.807) is 30.3 Å². The number of thiocarbonyl (C=S) groups is 1. The van der Waals surface area contributed by atoms with Crippen molar-refractivity contribution in [2.24, 2.45) is 0 Å². The van der Waals surface area contributed by atoms with Crippen molar-refractivity contribution in [2.75, 3.05) is 5.32 Å². The number of hydrogen-bond donors (Lipinski definition) is 3. The zero-order valence-corrected chi connectivity index (χ0v) is 12.6. The molecule has 112 valence electrons. The molecule has 2 aromatic rings. The average molecular weight is 312 g/mol. The molecular formula is C17H16N2O2S. The second kappa shape index (κ2) is 8.07. The van der Waals surface area contributed by atoms with E-state index in [-0.39, 0.29) is 17.6 Å². The number of hydrogen-bond acceptors (Lipinski definition) is 3. The third kappa shape index (κ3) is 5.12. The third-order valence-electron chi connectivity index (χ3n) is 2.83. The minimum atomic E-state index is -0.306. The van der Waals surface area contributed by atoms with Crippen LogP contribution in [0.5, 0.6) is 0 Å². The molecule has 0 atom stereocenters. The largest absolute Gasteiger partial charge is 0.392 e. The average Bonchev–Trinajstić information content (AvgIpc) is 2.54. The molecule has 0 bridgehead atoms. The van der Waals surface area contributed by atoms with Crippen molar-refractivity contribution in [1.82, 2.24) is 5.32 Å². The van der Waals surface area contributed by atoms with Crippen molar-refractivity contribution in [2.45, 2.75) is 6.61 Å². The van der Waals surface area contributed by atoms with Crippen LogP contribution >= 0.6 is 12.2 Å². The van der Waals surface area contributed by atoms with Crippen molar-refractivity contribution < 1.29 is 9.90 Å². The fourth-order valence-corrected chi connectivity index (χ4v) is 2.02. The van der Waals surface area contributed by atoms with Crippen LogP contribution < -0.4 is 10.6 Å². The van der Waals surface area contributed by atoms with Gasteiger partial charge in [0.15, 0.2) is 5.11 Å². The van der Waals surface area contributed by atoms with Crippen LogP contribution in [-0.2, 0) is 11.4 Å². The molecule has 0 aliphatic heterocycles.